The quantitative estimate of drug-likeness (QED) is 0.143. The summed E-state index contributed by atoms with van der Waals surface area (Å²) in [6, 6.07) is 0. The van der Waals surface area contributed by atoms with Crippen molar-refractivity contribution in [3.8, 4) is 0 Å². The van der Waals surface area contributed by atoms with Crippen LogP contribution < -0.4 is 64.2 Å². The third-order valence-electron chi connectivity index (χ3n) is 2.58. The number of aliphatic carboxylic acids is 1. The molecule has 0 rings (SSSR count). The number of carbonyl (C=O) groups is 2. The van der Waals surface area contributed by atoms with Crippen molar-refractivity contribution in [1.29, 1.82) is 0 Å². The molecule has 0 saturated heterocycles. The van der Waals surface area contributed by atoms with Gasteiger partial charge in [-0.1, -0.05) is 26.2 Å². The van der Waals surface area contributed by atoms with E-state index in [1.54, 1.807) is 0 Å². The number of carboxylic acids is 1. The van der Waals surface area contributed by atoms with Gasteiger partial charge < -0.3 is 23.9 Å². The van der Waals surface area contributed by atoms with Crippen molar-refractivity contribution in [3.05, 3.63) is 0 Å². The SMILES string of the molecule is CCCCCCOCCOC(=O)C(CC(=O)[O-])S(=O)(=O)[O-].[Na+].[Na+]. The van der Waals surface area contributed by atoms with Crippen LogP contribution >= 0.6 is 0 Å². The van der Waals surface area contributed by atoms with Crippen LogP contribution in [0.5, 0.6) is 0 Å². The van der Waals surface area contributed by atoms with E-state index < -0.39 is 33.7 Å². The number of carboxylic acid groups (broad SMARTS) is 1. The second-order valence-electron chi connectivity index (χ2n) is 4.40. The topological polar surface area (TPSA) is 133 Å². The van der Waals surface area contributed by atoms with Crippen molar-refractivity contribution in [2.24, 2.45) is 0 Å². The summed E-state index contributed by atoms with van der Waals surface area (Å²) in [7, 11) is -5.10. The minimum atomic E-state index is -5.10. The number of esters is 1. The molecule has 0 bridgehead atoms. The van der Waals surface area contributed by atoms with Crippen molar-refractivity contribution < 1.29 is 96.3 Å². The normalized spacial score (nSPS) is 11.7. The van der Waals surface area contributed by atoms with Crippen LogP contribution in [0, 0.1) is 0 Å². The largest absolute Gasteiger partial charge is 1.00 e. The van der Waals surface area contributed by atoms with Gasteiger partial charge in [-0.25, -0.2) is 8.42 Å². The Morgan fingerprint density at radius 1 is 1.04 bits per heavy atom. The summed E-state index contributed by atoms with van der Waals surface area (Å²) < 4.78 is 42.0. The number of carbonyl (C=O) groups excluding carboxylic acids is 2. The predicted octanol–water partition coefficient (Wildman–Crippen LogP) is -6.81. The Hall–Kier alpha value is 0.810. The van der Waals surface area contributed by atoms with Gasteiger partial charge >= 0.3 is 65.1 Å². The van der Waals surface area contributed by atoms with E-state index in [0.29, 0.717) is 6.61 Å². The molecule has 0 aliphatic heterocycles. The third kappa shape index (κ3) is 16.0. The Kier molecular flexibility index (Phi) is 20.3. The van der Waals surface area contributed by atoms with Crippen LogP contribution in [0.15, 0.2) is 0 Å². The minimum Gasteiger partial charge on any atom is -0.747 e. The fourth-order valence-electron chi connectivity index (χ4n) is 1.48. The summed E-state index contributed by atoms with van der Waals surface area (Å²) in [5.41, 5.74) is 0. The third-order valence-corrected chi connectivity index (χ3v) is 3.63. The molecular formula is C12H20Na2O8S. The average Bonchev–Trinajstić information content (AvgIpc) is 2.37. The Bertz CT molecular complexity index is 427. The molecule has 1 unspecified atom stereocenters. The molecule has 0 aromatic heterocycles. The molecule has 23 heavy (non-hydrogen) atoms. The van der Waals surface area contributed by atoms with Gasteiger partial charge in [0.2, 0.25) is 0 Å². The Labute approximate surface area is 181 Å². The first-order chi connectivity index (χ1) is 9.79. The van der Waals surface area contributed by atoms with E-state index >= 15 is 0 Å². The molecular weight excluding hydrogens is 350 g/mol. The summed E-state index contributed by atoms with van der Waals surface area (Å²) in [6.45, 7) is 2.37. The van der Waals surface area contributed by atoms with Crippen LogP contribution in [0.2, 0.25) is 0 Å². The molecule has 11 heteroatoms. The summed E-state index contributed by atoms with van der Waals surface area (Å²) in [6.07, 6.45) is 2.87. The molecule has 0 spiro atoms. The monoisotopic (exact) mass is 370 g/mol. The zero-order valence-electron chi connectivity index (χ0n) is 13.9. The van der Waals surface area contributed by atoms with Gasteiger partial charge in [0.05, 0.1) is 6.61 Å². The van der Waals surface area contributed by atoms with Crippen LogP contribution in [0.25, 0.3) is 0 Å². The van der Waals surface area contributed by atoms with Gasteiger partial charge in [0.1, 0.15) is 16.7 Å². The standard InChI is InChI=1S/C12H22O8S.2Na/c1-2-3-4-5-6-19-7-8-20-12(15)10(9-11(13)14)21(16,17)18;;/h10H,2-9H2,1H3,(H,13,14)(H,16,17,18);;/q;2*+1/p-2. The smallest absolute Gasteiger partial charge is 0.747 e. The van der Waals surface area contributed by atoms with E-state index in [4.69, 9.17) is 4.74 Å². The van der Waals surface area contributed by atoms with Gasteiger partial charge in [0.15, 0.2) is 5.25 Å². The van der Waals surface area contributed by atoms with Gasteiger partial charge in [-0.05, 0) is 6.42 Å². The molecule has 0 saturated carbocycles. The van der Waals surface area contributed by atoms with E-state index in [0.717, 1.165) is 25.7 Å². The molecule has 1 atom stereocenters. The first-order valence-electron chi connectivity index (χ1n) is 6.68. The summed E-state index contributed by atoms with van der Waals surface area (Å²) in [5.74, 6) is -3.22. The molecule has 0 aliphatic rings. The van der Waals surface area contributed by atoms with Crippen LogP contribution in [-0.4, -0.2) is 50.0 Å². The van der Waals surface area contributed by atoms with Crippen molar-refractivity contribution >= 4 is 22.1 Å². The molecule has 0 aromatic rings. The second-order valence-corrected chi connectivity index (χ2v) is 5.95. The average molecular weight is 370 g/mol. The van der Waals surface area contributed by atoms with Crippen molar-refractivity contribution in [3.63, 3.8) is 0 Å². The fraction of sp³-hybridized carbons (Fsp3) is 0.833. The molecule has 0 heterocycles. The fourth-order valence-corrected chi connectivity index (χ4v) is 2.13. The van der Waals surface area contributed by atoms with Gasteiger partial charge in [-0.3, -0.25) is 4.79 Å². The van der Waals surface area contributed by atoms with Gasteiger partial charge in [-0.15, -0.1) is 0 Å². The van der Waals surface area contributed by atoms with E-state index in [9.17, 15) is 27.7 Å². The summed E-state index contributed by atoms with van der Waals surface area (Å²) in [4.78, 5) is 21.7. The molecule has 0 aliphatic carbocycles. The Morgan fingerprint density at radius 2 is 1.65 bits per heavy atom. The van der Waals surface area contributed by atoms with E-state index in [-0.39, 0.29) is 72.3 Å². The Morgan fingerprint density at radius 3 is 2.13 bits per heavy atom. The summed E-state index contributed by atoms with van der Waals surface area (Å²) >= 11 is 0. The minimum absolute atomic E-state index is 0. The zero-order valence-corrected chi connectivity index (χ0v) is 18.7. The van der Waals surface area contributed by atoms with Crippen LogP contribution in [-0.2, 0) is 29.2 Å². The number of unbranched alkanes of at least 4 members (excludes halogenated alkanes) is 3. The Balaban J connectivity index is -0.00000200. The van der Waals surface area contributed by atoms with E-state index in [2.05, 4.69) is 11.7 Å². The summed E-state index contributed by atoms with van der Waals surface area (Å²) in [5, 5.41) is 8.03. The van der Waals surface area contributed by atoms with Crippen LogP contribution in [0.4, 0.5) is 0 Å². The number of hydrogen-bond acceptors (Lipinski definition) is 8. The predicted molar refractivity (Wildman–Crippen MR) is 69.0 cm³/mol. The van der Waals surface area contributed by atoms with E-state index in [1.165, 1.54) is 0 Å². The van der Waals surface area contributed by atoms with Gasteiger partial charge in [0, 0.05) is 19.0 Å². The first kappa shape index (κ1) is 28.6. The molecule has 124 valence electrons. The van der Waals surface area contributed by atoms with Crippen LogP contribution in [0.1, 0.15) is 39.0 Å². The van der Waals surface area contributed by atoms with Crippen LogP contribution in [0.3, 0.4) is 0 Å². The van der Waals surface area contributed by atoms with Gasteiger partial charge in [0.25, 0.3) is 0 Å². The number of ether oxygens (including phenoxy) is 2. The number of rotatable bonds is 12. The maximum atomic E-state index is 11.4. The second kappa shape index (κ2) is 16.3. The maximum absolute atomic E-state index is 11.4. The van der Waals surface area contributed by atoms with Crippen molar-refractivity contribution in [2.45, 2.75) is 44.3 Å². The van der Waals surface area contributed by atoms with Crippen molar-refractivity contribution in [1.82, 2.24) is 0 Å². The van der Waals surface area contributed by atoms with Crippen molar-refractivity contribution in [2.75, 3.05) is 19.8 Å². The molecule has 0 fully saturated rings. The maximum Gasteiger partial charge on any atom is 1.00 e. The zero-order chi connectivity index (χ0) is 16.3. The first-order valence-corrected chi connectivity index (χ1v) is 8.15. The number of hydrogen-bond donors (Lipinski definition) is 0. The molecule has 8 nitrogen and oxygen atoms in total. The molecule has 0 amide bonds. The van der Waals surface area contributed by atoms with Gasteiger partial charge in [-0.2, -0.15) is 0 Å². The molecule has 0 N–H and O–H groups in total. The molecule has 0 aromatic carbocycles. The van der Waals surface area contributed by atoms with E-state index in [1.807, 2.05) is 0 Å². The molecule has 0 radical (unpaired) electrons.